The Kier molecular flexibility index (Phi) is 8.37. The van der Waals surface area contributed by atoms with Gasteiger partial charge in [0.15, 0.2) is 0 Å². The Balaban J connectivity index is 2.31. The van der Waals surface area contributed by atoms with Crippen molar-refractivity contribution < 1.29 is 8.78 Å². The van der Waals surface area contributed by atoms with Gasteiger partial charge in [-0.05, 0) is 78.0 Å². The first-order chi connectivity index (χ1) is 13.7. The van der Waals surface area contributed by atoms with Crippen molar-refractivity contribution in [3.05, 3.63) is 81.9 Å². The fourth-order valence-corrected chi connectivity index (χ4v) is 3.48. The van der Waals surface area contributed by atoms with Crippen LogP contribution >= 0.6 is 0 Å². The predicted molar refractivity (Wildman–Crippen MR) is 123 cm³/mol. The number of alkyl halides is 2. The van der Waals surface area contributed by atoms with Crippen molar-refractivity contribution in [3.8, 4) is 0 Å². The fourth-order valence-electron chi connectivity index (χ4n) is 3.48. The highest BCUT2D eigenvalue weighted by Gasteiger charge is 2.12. The molecule has 0 spiro atoms. The summed E-state index contributed by atoms with van der Waals surface area (Å²) in [5, 5.41) is 0. The number of hydrogen-bond donors (Lipinski definition) is 0. The normalized spacial score (nSPS) is 12.1. The van der Waals surface area contributed by atoms with Gasteiger partial charge in [0.25, 0.3) is 0 Å². The Morgan fingerprint density at radius 1 is 1.00 bits per heavy atom. The molecule has 0 fully saturated rings. The monoisotopic (exact) mass is 396 g/mol. The first-order valence-electron chi connectivity index (χ1n) is 10.6. The van der Waals surface area contributed by atoms with E-state index in [9.17, 15) is 8.78 Å². The molecule has 0 radical (unpaired) electrons. The maximum absolute atomic E-state index is 12.6. The summed E-state index contributed by atoms with van der Waals surface area (Å²) in [6, 6.07) is 12.0. The molecule has 0 aliphatic heterocycles. The van der Waals surface area contributed by atoms with E-state index in [2.05, 4.69) is 59.4 Å². The van der Waals surface area contributed by atoms with Gasteiger partial charge in [0.2, 0.25) is 6.43 Å². The van der Waals surface area contributed by atoms with Crippen LogP contribution in [0.1, 0.15) is 67.5 Å². The van der Waals surface area contributed by atoms with Gasteiger partial charge in [-0.2, -0.15) is 0 Å². The van der Waals surface area contributed by atoms with Crippen LogP contribution in [0.25, 0.3) is 11.6 Å². The lowest BCUT2D eigenvalue weighted by Crippen LogP contribution is -2.02. The molecule has 0 aliphatic carbocycles. The van der Waals surface area contributed by atoms with E-state index in [0.717, 1.165) is 24.8 Å². The number of hydrogen-bond acceptors (Lipinski definition) is 0. The molecular weight excluding hydrogens is 362 g/mol. The van der Waals surface area contributed by atoms with E-state index in [-0.39, 0.29) is 6.42 Å². The summed E-state index contributed by atoms with van der Waals surface area (Å²) in [5.74, 6) is 0.523. The maximum Gasteiger partial charge on any atom is 0.242 e. The SMILES string of the molecule is C=C(CC)c1ccc(/C=C(\C)C(C)C)c(C)c1CCc1ccc(CC(F)F)cc1. The quantitative estimate of drug-likeness (QED) is 0.402. The average molecular weight is 397 g/mol. The van der Waals surface area contributed by atoms with Crippen LogP contribution in [0.2, 0.25) is 0 Å². The van der Waals surface area contributed by atoms with Gasteiger partial charge in [-0.25, -0.2) is 8.78 Å². The van der Waals surface area contributed by atoms with Crippen LogP contribution in [0.3, 0.4) is 0 Å². The van der Waals surface area contributed by atoms with E-state index in [0.29, 0.717) is 11.5 Å². The third-order valence-electron chi connectivity index (χ3n) is 5.82. The second-order valence-corrected chi connectivity index (χ2v) is 8.22. The molecule has 0 saturated heterocycles. The van der Waals surface area contributed by atoms with Crippen molar-refractivity contribution in [1.82, 2.24) is 0 Å². The number of allylic oxidation sites excluding steroid dienone is 2. The van der Waals surface area contributed by atoms with Crippen molar-refractivity contribution in [2.75, 3.05) is 0 Å². The van der Waals surface area contributed by atoms with Crippen LogP contribution in [0.4, 0.5) is 8.78 Å². The number of aryl methyl sites for hydroxylation is 1. The smallest absolute Gasteiger partial charge is 0.210 e. The average Bonchev–Trinajstić information content (AvgIpc) is 2.68. The highest BCUT2D eigenvalue weighted by Crippen LogP contribution is 2.29. The van der Waals surface area contributed by atoms with Crippen LogP contribution in [0.5, 0.6) is 0 Å². The molecule has 0 bridgehead atoms. The minimum absolute atomic E-state index is 0.177. The number of rotatable bonds is 9. The summed E-state index contributed by atoms with van der Waals surface area (Å²) in [6.07, 6.45) is 2.54. The van der Waals surface area contributed by atoms with Gasteiger partial charge >= 0.3 is 0 Å². The highest BCUT2D eigenvalue weighted by atomic mass is 19.3. The van der Waals surface area contributed by atoms with Crippen molar-refractivity contribution in [1.29, 1.82) is 0 Å². The maximum atomic E-state index is 12.6. The third-order valence-corrected chi connectivity index (χ3v) is 5.82. The predicted octanol–water partition coefficient (Wildman–Crippen LogP) is 8.07. The second kappa shape index (κ2) is 10.5. The molecule has 0 unspecified atom stereocenters. The molecule has 2 heteroatoms. The van der Waals surface area contributed by atoms with Crippen molar-refractivity contribution in [3.63, 3.8) is 0 Å². The van der Waals surface area contributed by atoms with Crippen molar-refractivity contribution in [2.24, 2.45) is 5.92 Å². The van der Waals surface area contributed by atoms with Gasteiger partial charge in [-0.15, -0.1) is 0 Å². The lowest BCUT2D eigenvalue weighted by Gasteiger charge is -2.17. The Bertz CT molecular complexity index is 855. The van der Waals surface area contributed by atoms with Gasteiger partial charge in [0.05, 0.1) is 0 Å². The first kappa shape index (κ1) is 23.1. The van der Waals surface area contributed by atoms with E-state index in [1.807, 2.05) is 24.3 Å². The molecule has 29 heavy (non-hydrogen) atoms. The largest absolute Gasteiger partial charge is 0.242 e. The molecule has 2 rings (SSSR count). The molecule has 0 aliphatic rings. The summed E-state index contributed by atoms with van der Waals surface area (Å²) in [7, 11) is 0. The third kappa shape index (κ3) is 6.39. The zero-order valence-corrected chi connectivity index (χ0v) is 18.5. The summed E-state index contributed by atoms with van der Waals surface area (Å²) < 4.78 is 25.1. The van der Waals surface area contributed by atoms with E-state index < -0.39 is 6.43 Å². The molecule has 0 saturated carbocycles. The Labute approximate surface area is 175 Å². The minimum Gasteiger partial charge on any atom is -0.210 e. The van der Waals surface area contributed by atoms with Gasteiger partial charge in [-0.3, -0.25) is 0 Å². The highest BCUT2D eigenvalue weighted by molar-refractivity contribution is 5.71. The van der Waals surface area contributed by atoms with Crippen LogP contribution in [-0.2, 0) is 19.3 Å². The molecule has 0 aromatic heterocycles. The van der Waals surface area contributed by atoms with Gasteiger partial charge in [0, 0.05) is 6.42 Å². The van der Waals surface area contributed by atoms with Gasteiger partial charge in [-0.1, -0.05) is 75.4 Å². The van der Waals surface area contributed by atoms with E-state index in [1.54, 1.807) is 0 Å². The molecule has 156 valence electrons. The lowest BCUT2D eigenvalue weighted by atomic mass is 9.87. The summed E-state index contributed by atoms with van der Waals surface area (Å²) in [4.78, 5) is 0. The molecular formula is C27H34F2. The van der Waals surface area contributed by atoms with Crippen LogP contribution in [0.15, 0.2) is 48.6 Å². The van der Waals surface area contributed by atoms with Crippen molar-refractivity contribution in [2.45, 2.75) is 66.7 Å². The summed E-state index contributed by atoms with van der Waals surface area (Å²) in [5.41, 5.74) is 9.57. The van der Waals surface area contributed by atoms with Crippen LogP contribution in [-0.4, -0.2) is 6.43 Å². The summed E-state index contributed by atoms with van der Waals surface area (Å²) in [6.45, 7) is 15.2. The van der Waals surface area contributed by atoms with E-state index >= 15 is 0 Å². The molecule has 2 aromatic carbocycles. The van der Waals surface area contributed by atoms with Gasteiger partial charge in [0.1, 0.15) is 0 Å². The standard InChI is InChI=1S/C27H34F2/c1-7-19(4)25-15-13-24(16-20(5)18(2)3)21(6)26(25)14-12-22-8-10-23(11-9-22)17-27(28)29/h8-11,13,15-16,18,27H,4,7,12,14,17H2,1-3,5-6H3/b20-16+. The lowest BCUT2D eigenvalue weighted by molar-refractivity contribution is 0.149. The Morgan fingerprint density at radius 3 is 2.17 bits per heavy atom. The van der Waals surface area contributed by atoms with Crippen molar-refractivity contribution >= 4 is 11.6 Å². The van der Waals surface area contributed by atoms with Crippen LogP contribution < -0.4 is 0 Å². The molecule has 0 nitrogen and oxygen atoms in total. The Hall–Kier alpha value is -2.22. The number of halogens is 2. The topological polar surface area (TPSA) is 0 Å². The molecule has 0 heterocycles. The Morgan fingerprint density at radius 2 is 1.62 bits per heavy atom. The zero-order valence-electron chi connectivity index (χ0n) is 18.5. The molecule has 2 aromatic rings. The van der Waals surface area contributed by atoms with E-state index in [1.165, 1.54) is 33.4 Å². The minimum atomic E-state index is -2.30. The first-order valence-corrected chi connectivity index (χ1v) is 10.6. The summed E-state index contributed by atoms with van der Waals surface area (Å²) >= 11 is 0. The molecule has 0 N–H and O–H groups in total. The van der Waals surface area contributed by atoms with Crippen LogP contribution in [0, 0.1) is 12.8 Å². The molecule has 0 atom stereocenters. The second-order valence-electron chi connectivity index (χ2n) is 8.22. The van der Waals surface area contributed by atoms with E-state index in [4.69, 9.17) is 0 Å². The fraction of sp³-hybridized carbons (Fsp3) is 0.407. The number of benzene rings is 2. The van der Waals surface area contributed by atoms with Gasteiger partial charge < -0.3 is 0 Å². The molecule has 0 amide bonds. The zero-order chi connectivity index (χ0) is 21.6.